The lowest BCUT2D eigenvalue weighted by atomic mass is 9.95. The Kier molecular flexibility index (Phi) is 8.40. The van der Waals surface area contributed by atoms with Crippen molar-refractivity contribution in [3.8, 4) is 78.3 Å². The predicted molar refractivity (Wildman–Crippen MR) is 233 cm³/mol. The molecule has 2 nitrogen and oxygen atoms in total. The minimum Gasteiger partial charge on any atom is -0.227 e. The minimum absolute atomic E-state index is 0.721. The average molecular weight is 719 g/mol. The molecule has 0 aliphatic heterocycles. The molecule has 0 spiro atoms. The summed E-state index contributed by atoms with van der Waals surface area (Å²) in [4.78, 5) is 11.6. The van der Waals surface area contributed by atoms with Crippen LogP contribution in [-0.2, 0) is 0 Å². The number of hydrogen-bond donors (Lipinski definition) is 0. The van der Waals surface area contributed by atoms with Gasteiger partial charge in [-0.3, -0.25) is 0 Å². The molecule has 0 unspecified atom stereocenters. The first kappa shape index (κ1) is 32.7. The number of benzene rings is 8. The molecule has 10 aromatic rings. The van der Waals surface area contributed by atoms with E-state index in [1.165, 1.54) is 49.0 Å². The van der Waals surface area contributed by atoms with E-state index in [9.17, 15) is 0 Å². The summed E-state index contributed by atoms with van der Waals surface area (Å²) in [6, 6.07) is 73.5. The van der Waals surface area contributed by atoms with Crippen LogP contribution in [0.4, 0.5) is 0 Å². The summed E-state index contributed by atoms with van der Waals surface area (Å²) in [5, 5.41) is 2.28. The van der Waals surface area contributed by atoms with Gasteiger partial charge in [-0.25, -0.2) is 9.97 Å². The molecule has 0 atom stereocenters. The van der Waals surface area contributed by atoms with Gasteiger partial charge in [-0.2, -0.15) is 0 Å². The summed E-state index contributed by atoms with van der Waals surface area (Å²) in [6.07, 6.45) is 0. The zero-order valence-corrected chi connectivity index (χ0v) is 30.7. The molecular weight excluding hydrogens is 685 g/mol. The lowest BCUT2D eigenvalue weighted by molar-refractivity contribution is 1.24. The molecule has 2 heterocycles. The Morgan fingerprint density at radius 1 is 0.291 bits per heavy atom. The molecule has 10 rings (SSSR count). The van der Waals surface area contributed by atoms with Crippen molar-refractivity contribution < 1.29 is 0 Å². The Bertz CT molecular complexity index is 2980. The van der Waals surface area contributed by atoms with Crippen LogP contribution < -0.4 is 0 Å². The summed E-state index contributed by atoms with van der Waals surface area (Å²) < 4.78 is 1.21. The van der Waals surface area contributed by atoms with Gasteiger partial charge in [0.05, 0.1) is 5.69 Å². The van der Waals surface area contributed by atoms with Crippen LogP contribution in [0.5, 0.6) is 0 Å². The van der Waals surface area contributed by atoms with Crippen molar-refractivity contribution in [2.45, 2.75) is 0 Å². The molecule has 0 amide bonds. The standard InChI is InChI=1S/C52H34N2S/c1-3-14-35(15-4-1)37-18-9-20-39(30-37)41-22-11-23-42(32-41)44-25-13-27-46(34-44)51-53-50(49-47-28-7-8-29-48(47)55-52(49)54-51)45-26-12-24-43(33-45)40-21-10-19-38(31-40)36-16-5-2-6-17-36/h1-34H. The summed E-state index contributed by atoms with van der Waals surface area (Å²) in [5.41, 5.74) is 14.8. The minimum atomic E-state index is 0.721. The maximum Gasteiger partial charge on any atom is 0.161 e. The first-order valence-corrected chi connectivity index (χ1v) is 19.4. The van der Waals surface area contributed by atoms with E-state index in [2.05, 4.69) is 206 Å². The third kappa shape index (κ3) is 6.41. The quantitative estimate of drug-likeness (QED) is 0.164. The van der Waals surface area contributed by atoms with Crippen LogP contribution >= 0.6 is 11.3 Å². The van der Waals surface area contributed by atoms with Gasteiger partial charge in [0.1, 0.15) is 4.83 Å². The molecular formula is C52H34N2S. The van der Waals surface area contributed by atoms with E-state index in [-0.39, 0.29) is 0 Å². The molecule has 0 aliphatic carbocycles. The third-order valence-corrected chi connectivity index (χ3v) is 11.4. The van der Waals surface area contributed by atoms with Gasteiger partial charge >= 0.3 is 0 Å². The van der Waals surface area contributed by atoms with Crippen LogP contribution in [0.15, 0.2) is 206 Å². The highest BCUT2D eigenvalue weighted by Crippen LogP contribution is 2.41. The molecule has 0 N–H and O–H groups in total. The van der Waals surface area contributed by atoms with Gasteiger partial charge in [-0.05, 0) is 92.0 Å². The Balaban J connectivity index is 1.06. The third-order valence-electron chi connectivity index (χ3n) is 10.3. The van der Waals surface area contributed by atoms with Crippen molar-refractivity contribution in [2.75, 3.05) is 0 Å². The highest BCUT2D eigenvalue weighted by molar-refractivity contribution is 7.25. The summed E-state index contributed by atoms with van der Waals surface area (Å²) in [7, 11) is 0. The number of hydrogen-bond acceptors (Lipinski definition) is 3. The zero-order chi connectivity index (χ0) is 36.6. The van der Waals surface area contributed by atoms with Crippen molar-refractivity contribution in [2.24, 2.45) is 0 Å². The normalized spacial score (nSPS) is 11.3. The molecule has 0 radical (unpaired) electrons. The first-order valence-electron chi connectivity index (χ1n) is 18.6. The average Bonchev–Trinajstić information content (AvgIpc) is 3.66. The number of nitrogens with zero attached hydrogens (tertiary/aromatic N) is 2. The number of aromatic nitrogens is 2. The molecule has 2 aromatic heterocycles. The second-order valence-electron chi connectivity index (χ2n) is 13.8. The van der Waals surface area contributed by atoms with E-state index in [4.69, 9.17) is 9.97 Å². The molecule has 0 fully saturated rings. The SMILES string of the molecule is c1ccc(-c2cccc(-c3cccc(-c4cccc(-c5nc(-c6cccc(-c7cccc(-c8ccccc8)c7)c6)c6c(n5)sc5ccccc56)c4)c3)c2)cc1. The second-order valence-corrected chi connectivity index (χ2v) is 14.8. The van der Waals surface area contributed by atoms with Crippen LogP contribution in [0.25, 0.3) is 98.6 Å². The van der Waals surface area contributed by atoms with Gasteiger partial charge in [0.25, 0.3) is 0 Å². The fraction of sp³-hybridized carbons (Fsp3) is 0. The molecule has 0 bridgehead atoms. The van der Waals surface area contributed by atoms with Crippen LogP contribution in [-0.4, -0.2) is 9.97 Å². The molecule has 0 aliphatic rings. The summed E-state index contributed by atoms with van der Waals surface area (Å²) in [6.45, 7) is 0. The van der Waals surface area contributed by atoms with Crippen molar-refractivity contribution in [3.63, 3.8) is 0 Å². The second kappa shape index (κ2) is 14.1. The molecule has 0 saturated heterocycles. The van der Waals surface area contributed by atoms with Crippen LogP contribution in [0, 0.1) is 0 Å². The number of rotatable bonds is 7. The summed E-state index contributed by atoms with van der Waals surface area (Å²) >= 11 is 1.73. The maximum atomic E-state index is 5.40. The molecule has 55 heavy (non-hydrogen) atoms. The van der Waals surface area contributed by atoms with E-state index in [0.29, 0.717) is 0 Å². The topological polar surface area (TPSA) is 25.8 Å². The van der Waals surface area contributed by atoms with Gasteiger partial charge in [0, 0.05) is 26.6 Å². The van der Waals surface area contributed by atoms with Crippen molar-refractivity contribution in [1.82, 2.24) is 9.97 Å². The molecule has 0 saturated carbocycles. The van der Waals surface area contributed by atoms with Crippen LogP contribution in [0.3, 0.4) is 0 Å². The van der Waals surface area contributed by atoms with Crippen molar-refractivity contribution in [3.05, 3.63) is 206 Å². The fourth-order valence-electron chi connectivity index (χ4n) is 7.54. The van der Waals surface area contributed by atoms with Crippen molar-refractivity contribution in [1.29, 1.82) is 0 Å². The van der Waals surface area contributed by atoms with Crippen molar-refractivity contribution >= 4 is 31.6 Å². The van der Waals surface area contributed by atoms with Gasteiger partial charge in [0.2, 0.25) is 0 Å². The van der Waals surface area contributed by atoms with Gasteiger partial charge < -0.3 is 0 Å². The van der Waals surface area contributed by atoms with Gasteiger partial charge in [0.15, 0.2) is 5.82 Å². The van der Waals surface area contributed by atoms with E-state index in [1.54, 1.807) is 11.3 Å². The zero-order valence-electron chi connectivity index (χ0n) is 29.9. The highest BCUT2D eigenvalue weighted by Gasteiger charge is 2.18. The van der Waals surface area contributed by atoms with Gasteiger partial charge in [-0.1, -0.05) is 170 Å². The van der Waals surface area contributed by atoms with E-state index < -0.39 is 0 Å². The molecule has 258 valence electrons. The monoisotopic (exact) mass is 718 g/mol. The highest BCUT2D eigenvalue weighted by atomic mass is 32.1. The van der Waals surface area contributed by atoms with E-state index in [1.807, 2.05) is 0 Å². The number of thiophene rings is 1. The molecule has 3 heteroatoms. The Labute approximate surface area is 324 Å². The summed E-state index contributed by atoms with van der Waals surface area (Å²) in [5.74, 6) is 0.721. The van der Waals surface area contributed by atoms with E-state index >= 15 is 0 Å². The first-order chi connectivity index (χ1) is 27.2. The van der Waals surface area contributed by atoms with Crippen LogP contribution in [0.2, 0.25) is 0 Å². The lowest BCUT2D eigenvalue weighted by Gasteiger charge is -2.12. The smallest absolute Gasteiger partial charge is 0.161 e. The maximum absolute atomic E-state index is 5.40. The van der Waals surface area contributed by atoms with E-state index in [0.717, 1.165) is 49.6 Å². The Morgan fingerprint density at radius 3 is 1.16 bits per heavy atom. The Morgan fingerprint density at radius 2 is 0.655 bits per heavy atom. The predicted octanol–water partition coefficient (Wildman–Crippen LogP) is 14.5. The largest absolute Gasteiger partial charge is 0.227 e. The number of fused-ring (bicyclic) bond motifs is 3. The molecule has 8 aromatic carbocycles. The fourth-order valence-corrected chi connectivity index (χ4v) is 8.62. The van der Waals surface area contributed by atoms with Crippen LogP contribution in [0.1, 0.15) is 0 Å². The van der Waals surface area contributed by atoms with Gasteiger partial charge in [-0.15, -0.1) is 11.3 Å². The Hall–Kier alpha value is -6.94. The lowest BCUT2D eigenvalue weighted by Crippen LogP contribution is -1.94.